The Bertz CT molecular complexity index is 451. The van der Waals surface area contributed by atoms with Crippen LogP contribution in [-0.4, -0.2) is 16.5 Å². The van der Waals surface area contributed by atoms with E-state index in [1.165, 1.54) is 10.4 Å². The Morgan fingerprint density at radius 2 is 2.27 bits per heavy atom. The lowest BCUT2D eigenvalue weighted by Gasteiger charge is -2.03. The second-order valence-electron chi connectivity index (χ2n) is 3.21. The number of anilines is 1. The van der Waals surface area contributed by atoms with Crippen molar-refractivity contribution in [2.45, 2.75) is 13.8 Å². The van der Waals surface area contributed by atoms with Gasteiger partial charge in [-0.1, -0.05) is 0 Å². The summed E-state index contributed by atoms with van der Waals surface area (Å²) in [5.74, 6) is 0.883. The molecule has 4 heteroatoms. The van der Waals surface area contributed by atoms with E-state index in [4.69, 9.17) is 0 Å². The molecule has 0 bridgehead atoms. The minimum atomic E-state index is 0.874. The minimum absolute atomic E-state index is 0.874. The third kappa shape index (κ3) is 2.15. The highest BCUT2D eigenvalue weighted by molar-refractivity contribution is 7.10. The van der Waals surface area contributed by atoms with Crippen LogP contribution in [0, 0.1) is 6.92 Å². The lowest BCUT2D eigenvalue weighted by Crippen LogP contribution is -1.99. The highest BCUT2D eigenvalue weighted by Crippen LogP contribution is 2.26. The SMILES string of the molecule is CCNc1cc(-c2ccsc2C)ncn1. The summed E-state index contributed by atoms with van der Waals surface area (Å²) in [6.07, 6.45) is 1.60. The van der Waals surface area contributed by atoms with Crippen molar-refractivity contribution in [1.82, 2.24) is 9.97 Å². The van der Waals surface area contributed by atoms with Gasteiger partial charge in [-0.3, -0.25) is 0 Å². The predicted molar refractivity (Wildman–Crippen MR) is 64.2 cm³/mol. The summed E-state index contributed by atoms with van der Waals surface area (Å²) in [7, 11) is 0. The zero-order valence-electron chi connectivity index (χ0n) is 8.82. The van der Waals surface area contributed by atoms with Crippen LogP contribution in [0.4, 0.5) is 5.82 Å². The molecule has 0 aliphatic carbocycles. The Labute approximate surface area is 93.2 Å². The number of aromatic nitrogens is 2. The first-order valence-corrected chi connectivity index (χ1v) is 5.79. The van der Waals surface area contributed by atoms with E-state index in [1.807, 2.05) is 6.07 Å². The first-order chi connectivity index (χ1) is 7.31. The van der Waals surface area contributed by atoms with Crippen LogP contribution in [0.2, 0.25) is 0 Å². The summed E-state index contributed by atoms with van der Waals surface area (Å²) in [4.78, 5) is 9.72. The highest BCUT2D eigenvalue weighted by atomic mass is 32.1. The van der Waals surface area contributed by atoms with Gasteiger partial charge in [0, 0.05) is 23.1 Å². The molecule has 0 atom stereocenters. The Morgan fingerprint density at radius 1 is 1.40 bits per heavy atom. The van der Waals surface area contributed by atoms with Gasteiger partial charge in [0.1, 0.15) is 12.1 Å². The summed E-state index contributed by atoms with van der Waals surface area (Å²) >= 11 is 1.74. The normalized spacial score (nSPS) is 10.3. The minimum Gasteiger partial charge on any atom is -0.370 e. The van der Waals surface area contributed by atoms with Gasteiger partial charge in [-0.05, 0) is 25.3 Å². The van der Waals surface area contributed by atoms with Crippen molar-refractivity contribution >= 4 is 17.2 Å². The Morgan fingerprint density at radius 3 is 2.93 bits per heavy atom. The summed E-state index contributed by atoms with van der Waals surface area (Å²) in [5.41, 5.74) is 2.18. The molecule has 0 unspecified atom stereocenters. The van der Waals surface area contributed by atoms with Crippen LogP contribution >= 0.6 is 11.3 Å². The fraction of sp³-hybridized carbons (Fsp3) is 0.273. The molecule has 0 saturated carbocycles. The van der Waals surface area contributed by atoms with E-state index in [2.05, 4.69) is 40.6 Å². The highest BCUT2D eigenvalue weighted by Gasteiger charge is 2.05. The van der Waals surface area contributed by atoms with E-state index in [0.717, 1.165) is 18.1 Å². The van der Waals surface area contributed by atoms with E-state index in [1.54, 1.807) is 17.7 Å². The van der Waals surface area contributed by atoms with E-state index in [-0.39, 0.29) is 0 Å². The van der Waals surface area contributed by atoms with Gasteiger partial charge in [-0.2, -0.15) is 0 Å². The third-order valence-electron chi connectivity index (χ3n) is 2.16. The summed E-state index contributed by atoms with van der Waals surface area (Å²) < 4.78 is 0. The van der Waals surface area contributed by atoms with Crippen LogP contribution < -0.4 is 5.32 Å². The molecule has 2 aromatic heterocycles. The van der Waals surface area contributed by atoms with Crippen molar-refractivity contribution in [3.8, 4) is 11.3 Å². The molecular weight excluding hydrogens is 206 g/mol. The molecule has 0 aromatic carbocycles. The average Bonchev–Trinajstić information content (AvgIpc) is 2.65. The van der Waals surface area contributed by atoms with Crippen molar-refractivity contribution < 1.29 is 0 Å². The van der Waals surface area contributed by atoms with Crippen molar-refractivity contribution in [1.29, 1.82) is 0 Å². The maximum atomic E-state index is 4.28. The molecule has 0 aliphatic heterocycles. The van der Waals surface area contributed by atoms with Gasteiger partial charge in [0.05, 0.1) is 5.69 Å². The van der Waals surface area contributed by atoms with Crippen LogP contribution in [0.25, 0.3) is 11.3 Å². The third-order valence-corrected chi connectivity index (χ3v) is 3.01. The standard InChI is InChI=1S/C11H13N3S/c1-3-12-11-6-10(13-7-14-11)9-4-5-15-8(9)2/h4-7H,3H2,1-2H3,(H,12,13,14). The van der Waals surface area contributed by atoms with Crippen molar-refractivity contribution in [2.75, 3.05) is 11.9 Å². The predicted octanol–water partition coefficient (Wildman–Crippen LogP) is 2.95. The molecule has 3 nitrogen and oxygen atoms in total. The largest absolute Gasteiger partial charge is 0.370 e. The van der Waals surface area contributed by atoms with E-state index >= 15 is 0 Å². The average molecular weight is 219 g/mol. The molecule has 0 saturated heterocycles. The van der Waals surface area contributed by atoms with Gasteiger partial charge in [0.15, 0.2) is 0 Å². The van der Waals surface area contributed by atoms with Gasteiger partial charge in [0.2, 0.25) is 0 Å². The number of nitrogens with one attached hydrogen (secondary N) is 1. The maximum Gasteiger partial charge on any atom is 0.129 e. The van der Waals surface area contributed by atoms with Crippen molar-refractivity contribution in [3.63, 3.8) is 0 Å². The molecule has 1 N–H and O–H groups in total. The first-order valence-electron chi connectivity index (χ1n) is 4.91. The molecule has 2 rings (SSSR count). The Hall–Kier alpha value is -1.42. The molecule has 0 radical (unpaired) electrons. The Kier molecular flexibility index (Phi) is 2.97. The number of aryl methyl sites for hydroxylation is 1. The molecule has 2 aromatic rings. The fourth-order valence-corrected chi connectivity index (χ4v) is 2.14. The summed E-state index contributed by atoms with van der Waals surface area (Å²) in [6.45, 7) is 5.03. The summed E-state index contributed by atoms with van der Waals surface area (Å²) in [6, 6.07) is 4.08. The molecule has 0 amide bonds. The fourth-order valence-electron chi connectivity index (χ4n) is 1.43. The van der Waals surface area contributed by atoms with Gasteiger partial charge >= 0.3 is 0 Å². The van der Waals surface area contributed by atoms with Crippen LogP contribution in [0.15, 0.2) is 23.8 Å². The van der Waals surface area contributed by atoms with Gasteiger partial charge in [0.25, 0.3) is 0 Å². The van der Waals surface area contributed by atoms with Crippen molar-refractivity contribution in [2.24, 2.45) is 0 Å². The second-order valence-corrected chi connectivity index (χ2v) is 4.33. The number of thiophene rings is 1. The molecule has 0 fully saturated rings. The molecule has 78 valence electrons. The molecule has 0 spiro atoms. The second kappa shape index (κ2) is 4.40. The number of hydrogen-bond donors (Lipinski definition) is 1. The smallest absolute Gasteiger partial charge is 0.129 e. The summed E-state index contributed by atoms with van der Waals surface area (Å²) in [5, 5.41) is 5.26. The van der Waals surface area contributed by atoms with Crippen LogP contribution in [0.1, 0.15) is 11.8 Å². The number of hydrogen-bond acceptors (Lipinski definition) is 4. The quantitative estimate of drug-likeness (QED) is 0.862. The van der Waals surface area contributed by atoms with Crippen LogP contribution in [-0.2, 0) is 0 Å². The van der Waals surface area contributed by atoms with Crippen molar-refractivity contribution in [3.05, 3.63) is 28.7 Å². The molecular formula is C11H13N3S. The molecule has 15 heavy (non-hydrogen) atoms. The number of nitrogens with zero attached hydrogens (tertiary/aromatic N) is 2. The van der Waals surface area contributed by atoms with E-state index < -0.39 is 0 Å². The molecule has 0 aliphatic rings. The zero-order valence-corrected chi connectivity index (χ0v) is 9.64. The van der Waals surface area contributed by atoms with Gasteiger partial charge in [-0.15, -0.1) is 11.3 Å². The van der Waals surface area contributed by atoms with Gasteiger partial charge in [-0.25, -0.2) is 9.97 Å². The molecule has 2 heterocycles. The lowest BCUT2D eigenvalue weighted by atomic mass is 10.2. The first kappa shape index (κ1) is 10.1. The van der Waals surface area contributed by atoms with Gasteiger partial charge < -0.3 is 5.32 Å². The Balaban J connectivity index is 2.37. The maximum absolute atomic E-state index is 4.28. The number of rotatable bonds is 3. The van der Waals surface area contributed by atoms with E-state index in [9.17, 15) is 0 Å². The van der Waals surface area contributed by atoms with Crippen LogP contribution in [0.5, 0.6) is 0 Å². The topological polar surface area (TPSA) is 37.8 Å². The van der Waals surface area contributed by atoms with E-state index in [0.29, 0.717) is 0 Å². The zero-order chi connectivity index (χ0) is 10.7. The lowest BCUT2D eigenvalue weighted by molar-refractivity contribution is 1.11. The monoisotopic (exact) mass is 219 g/mol. The van der Waals surface area contributed by atoms with Crippen LogP contribution in [0.3, 0.4) is 0 Å².